The van der Waals surface area contributed by atoms with E-state index in [1.54, 1.807) is 0 Å². The molecule has 0 aliphatic heterocycles. The monoisotopic (exact) mass is 264 g/mol. The Morgan fingerprint density at radius 2 is 1.84 bits per heavy atom. The fourth-order valence-electron chi connectivity index (χ4n) is 1.87. The van der Waals surface area contributed by atoms with E-state index in [1.807, 2.05) is 44.2 Å². The van der Waals surface area contributed by atoms with Crippen LogP contribution in [0.2, 0.25) is 0 Å². The Balaban J connectivity index is 2.35. The SMILES string of the molecule is CC(C)(NC(=O)NCCCCCO)c1ccccc1. The van der Waals surface area contributed by atoms with Gasteiger partial charge >= 0.3 is 6.03 Å². The molecule has 4 heteroatoms. The Kier molecular flexibility index (Phi) is 6.36. The molecule has 0 aliphatic rings. The van der Waals surface area contributed by atoms with Gasteiger partial charge in [-0.3, -0.25) is 0 Å². The van der Waals surface area contributed by atoms with Crippen LogP contribution in [0.25, 0.3) is 0 Å². The average molecular weight is 264 g/mol. The lowest BCUT2D eigenvalue weighted by molar-refractivity contribution is 0.229. The van der Waals surface area contributed by atoms with Crippen molar-refractivity contribution in [3.63, 3.8) is 0 Å². The summed E-state index contributed by atoms with van der Waals surface area (Å²) in [6.45, 7) is 4.81. The molecule has 0 fully saturated rings. The molecule has 0 radical (unpaired) electrons. The van der Waals surface area contributed by atoms with Crippen molar-refractivity contribution >= 4 is 6.03 Å². The molecule has 19 heavy (non-hydrogen) atoms. The van der Waals surface area contributed by atoms with E-state index in [4.69, 9.17) is 5.11 Å². The first-order chi connectivity index (χ1) is 9.06. The van der Waals surface area contributed by atoms with Crippen LogP contribution >= 0.6 is 0 Å². The normalized spacial score (nSPS) is 11.1. The predicted molar refractivity (Wildman–Crippen MR) is 76.9 cm³/mol. The van der Waals surface area contributed by atoms with Crippen LogP contribution in [0.5, 0.6) is 0 Å². The number of rotatable bonds is 7. The van der Waals surface area contributed by atoms with Crippen LogP contribution in [0.3, 0.4) is 0 Å². The van der Waals surface area contributed by atoms with Gasteiger partial charge in [0.1, 0.15) is 0 Å². The fourth-order valence-corrected chi connectivity index (χ4v) is 1.87. The quantitative estimate of drug-likeness (QED) is 0.662. The van der Waals surface area contributed by atoms with Crippen molar-refractivity contribution in [3.8, 4) is 0 Å². The van der Waals surface area contributed by atoms with Crippen molar-refractivity contribution in [1.82, 2.24) is 10.6 Å². The number of hydrogen-bond donors (Lipinski definition) is 3. The largest absolute Gasteiger partial charge is 0.396 e. The molecule has 1 aromatic rings. The molecule has 0 saturated carbocycles. The van der Waals surface area contributed by atoms with E-state index in [0.29, 0.717) is 6.54 Å². The van der Waals surface area contributed by atoms with Crippen molar-refractivity contribution in [2.45, 2.75) is 38.6 Å². The topological polar surface area (TPSA) is 61.4 Å². The van der Waals surface area contributed by atoms with Gasteiger partial charge in [-0.2, -0.15) is 0 Å². The third-order valence-electron chi connectivity index (χ3n) is 3.04. The zero-order chi connectivity index (χ0) is 14.1. The molecule has 3 N–H and O–H groups in total. The van der Waals surface area contributed by atoms with Crippen LogP contribution in [-0.2, 0) is 5.54 Å². The van der Waals surface area contributed by atoms with E-state index < -0.39 is 5.54 Å². The summed E-state index contributed by atoms with van der Waals surface area (Å²) in [5.41, 5.74) is 0.682. The van der Waals surface area contributed by atoms with Crippen molar-refractivity contribution in [2.24, 2.45) is 0 Å². The molecule has 0 bridgehead atoms. The molecule has 0 saturated heterocycles. The van der Waals surface area contributed by atoms with Gasteiger partial charge in [0.2, 0.25) is 0 Å². The Morgan fingerprint density at radius 1 is 1.16 bits per heavy atom. The number of urea groups is 1. The van der Waals surface area contributed by atoms with Gasteiger partial charge < -0.3 is 15.7 Å². The second-order valence-electron chi connectivity index (χ2n) is 5.16. The highest BCUT2D eigenvalue weighted by Crippen LogP contribution is 2.18. The molecule has 0 aliphatic carbocycles. The van der Waals surface area contributed by atoms with Gasteiger partial charge in [0.15, 0.2) is 0 Å². The minimum Gasteiger partial charge on any atom is -0.396 e. The molecule has 0 unspecified atom stereocenters. The molecule has 2 amide bonds. The number of unbranched alkanes of at least 4 members (excludes halogenated alkanes) is 2. The lowest BCUT2D eigenvalue weighted by Crippen LogP contribution is -2.46. The minimum atomic E-state index is -0.392. The first-order valence-electron chi connectivity index (χ1n) is 6.78. The van der Waals surface area contributed by atoms with E-state index in [0.717, 1.165) is 24.8 Å². The molecule has 0 atom stereocenters. The summed E-state index contributed by atoms with van der Waals surface area (Å²) in [5.74, 6) is 0. The van der Waals surface area contributed by atoms with Crippen LogP contribution in [0, 0.1) is 0 Å². The fraction of sp³-hybridized carbons (Fsp3) is 0.533. The Labute approximate surface area is 115 Å². The molecular formula is C15H24N2O2. The van der Waals surface area contributed by atoms with Crippen LogP contribution < -0.4 is 10.6 Å². The van der Waals surface area contributed by atoms with Crippen LogP contribution in [0.1, 0.15) is 38.7 Å². The summed E-state index contributed by atoms with van der Waals surface area (Å²) in [7, 11) is 0. The minimum absolute atomic E-state index is 0.155. The predicted octanol–water partition coefficient (Wildman–Crippen LogP) is 2.38. The summed E-state index contributed by atoms with van der Waals surface area (Å²) >= 11 is 0. The maximum absolute atomic E-state index is 11.8. The van der Waals surface area contributed by atoms with Gasteiger partial charge in [-0.25, -0.2) is 4.79 Å². The Hall–Kier alpha value is -1.55. The maximum Gasteiger partial charge on any atom is 0.315 e. The molecule has 0 aromatic heterocycles. The Bertz CT molecular complexity index is 377. The van der Waals surface area contributed by atoms with Crippen molar-refractivity contribution < 1.29 is 9.90 Å². The van der Waals surface area contributed by atoms with E-state index in [1.165, 1.54) is 0 Å². The number of aliphatic hydroxyl groups excluding tert-OH is 1. The molecule has 0 spiro atoms. The average Bonchev–Trinajstić information content (AvgIpc) is 2.39. The maximum atomic E-state index is 11.8. The smallest absolute Gasteiger partial charge is 0.315 e. The summed E-state index contributed by atoms with van der Waals surface area (Å²) in [5, 5.41) is 14.5. The first-order valence-corrected chi connectivity index (χ1v) is 6.78. The van der Waals surface area contributed by atoms with E-state index in [2.05, 4.69) is 10.6 Å². The zero-order valence-corrected chi connectivity index (χ0v) is 11.8. The summed E-state index contributed by atoms with van der Waals surface area (Å²) < 4.78 is 0. The number of hydrogen-bond acceptors (Lipinski definition) is 2. The Morgan fingerprint density at radius 3 is 2.47 bits per heavy atom. The van der Waals surface area contributed by atoms with Crippen molar-refractivity contribution in [2.75, 3.05) is 13.2 Å². The summed E-state index contributed by atoms with van der Waals surface area (Å²) in [6.07, 6.45) is 2.61. The highest BCUT2D eigenvalue weighted by molar-refractivity contribution is 5.74. The molecule has 1 rings (SSSR count). The summed E-state index contributed by atoms with van der Waals surface area (Å²) in [6, 6.07) is 9.74. The highest BCUT2D eigenvalue weighted by Gasteiger charge is 2.21. The number of carbonyl (C=O) groups excluding carboxylic acids is 1. The number of nitrogens with one attached hydrogen (secondary N) is 2. The highest BCUT2D eigenvalue weighted by atomic mass is 16.2. The van der Waals surface area contributed by atoms with Gasteiger partial charge in [0.25, 0.3) is 0 Å². The van der Waals surface area contributed by atoms with Crippen LogP contribution in [0.15, 0.2) is 30.3 Å². The van der Waals surface area contributed by atoms with Crippen molar-refractivity contribution in [1.29, 1.82) is 0 Å². The van der Waals surface area contributed by atoms with E-state index >= 15 is 0 Å². The standard InChI is InChI=1S/C15H24N2O2/c1-15(2,13-9-5-3-6-10-13)17-14(19)16-11-7-4-8-12-18/h3,5-6,9-10,18H,4,7-8,11-12H2,1-2H3,(H2,16,17,19). The van der Waals surface area contributed by atoms with Crippen LogP contribution in [-0.4, -0.2) is 24.3 Å². The molecule has 1 aromatic carbocycles. The van der Waals surface area contributed by atoms with E-state index in [-0.39, 0.29) is 12.6 Å². The van der Waals surface area contributed by atoms with Crippen LogP contribution in [0.4, 0.5) is 4.79 Å². The lowest BCUT2D eigenvalue weighted by Gasteiger charge is -2.27. The second-order valence-corrected chi connectivity index (χ2v) is 5.16. The number of aliphatic hydroxyl groups is 1. The van der Waals surface area contributed by atoms with Gasteiger partial charge in [0, 0.05) is 13.2 Å². The molecule has 0 heterocycles. The first kappa shape index (κ1) is 15.5. The number of carbonyl (C=O) groups is 1. The van der Waals surface area contributed by atoms with Crippen molar-refractivity contribution in [3.05, 3.63) is 35.9 Å². The van der Waals surface area contributed by atoms with Gasteiger partial charge in [-0.15, -0.1) is 0 Å². The lowest BCUT2D eigenvalue weighted by atomic mass is 9.95. The van der Waals surface area contributed by atoms with Gasteiger partial charge in [0.05, 0.1) is 5.54 Å². The summed E-state index contributed by atoms with van der Waals surface area (Å²) in [4.78, 5) is 11.8. The van der Waals surface area contributed by atoms with Gasteiger partial charge in [-0.05, 0) is 38.7 Å². The zero-order valence-electron chi connectivity index (χ0n) is 11.8. The number of amides is 2. The molecule has 4 nitrogen and oxygen atoms in total. The third kappa shape index (κ3) is 5.75. The van der Waals surface area contributed by atoms with E-state index in [9.17, 15) is 4.79 Å². The van der Waals surface area contributed by atoms with Gasteiger partial charge in [-0.1, -0.05) is 30.3 Å². The second kappa shape index (κ2) is 7.79. The molecular weight excluding hydrogens is 240 g/mol. The third-order valence-corrected chi connectivity index (χ3v) is 3.04. The molecule has 106 valence electrons. The number of benzene rings is 1.